The Hall–Kier alpha value is -2.42. The van der Waals surface area contributed by atoms with Gasteiger partial charge in [0.25, 0.3) is 10.1 Å². The van der Waals surface area contributed by atoms with E-state index < -0.39 is 10.1 Å². The van der Waals surface area contributed by atoms with Crippen LogP contribution in [0.3, 0.4) is 0 Å². The Bertz CT molecular complexity index is 1190. The molecular formula is C26H40N4O3S+2. The van der Waals surface area contributed by atoms with Crippen LogP contribution in [0, 0.1) is 0 Å². The summed E-state index contributed by atoms with van der Waals surface area (Å²) in [6.07, 6.45) is 2.27. The average Bonchev–Trinajstić information content (AvgIpc) is 2.74. The predicted octanol–water partition coefficient (Wildman–Crippen LogP) is 3.55. The van der Waals surface area contributed by atoms with Crippen molar-refractivity contribution in [2.45, 2.75) is 25.8 Å². The molecule has 0 aliphatic rings. The molecule has 0 radical (unpaired) electrons. The monoisotopic (exact) mass is 488 g/mol. The van der Waals surface area contributed by atoms with Crippen molar-refractivity contribution < 1.29 is 22.0 Å². The zero-order valence-corrected chi connectivity index (χ0v) is 22.3. The van der Waals surface area contributed by atoms with Gasteiger partial charge in [-0.15, -0.1) is 0 Å². The minimum Gasteiger partial charge on any atom is -0.377 e. The van der Waals surface area contributed by atoms with Gasteiger partial charge in [-0.3, -0.25) is 4.55 Å². The minimum atomic E-state index is -3.87. The first-order chi connectivity index (χ1) is 15.9. The van der Waals surface area contributed by atoms with Crippen molar-refractivity contribution in [3.8, 4) is 0 Å². The Morgan fingerprint density at radius 1 is 0.794 bits per heavy atom. The van der Waals surface area contributed by atoms with Crippen molar-refractivity contribution in [2.24, 2.45) is 0 Å². The van der Waals surface area contributed by atoms with Gasteiger partial charge in [-0.1, -0.05) is 0 Å². The maximum absolute atomic E-state index is 11.0. The van der Waals surface area contributed by atoms with Crippen LogP contribution < -0.4 is 14.4 Å². The minimum absolute atomic E-state index is 0.159. The summed E-state index contributed by atoms with van der Waals surface area (Å²) >= 11 is 0. The zero-order valence-electron chi connectivity index (χ0n) is 21.5. The first-order valence-corrected chi connectivity index (χ1v) is 13.5. The molecule has 0 aliphatic carbocycles. The number of aryl methyl sites for hydroxylation is 1. The maximum atomic E-state index is 11.0. The van der Waals surface area contributed by atoms with Crippen LogP contribution in [-0.4, -0.2) is 78.6 Å². The topological polar surface area (TPSA) is 64.7 Å². The third-order valence-corrected chi connectivity index (χ3v) is 7.32. The van der Waals surface area contributed by atoms with E-state index in [2.05, 4.69) is 99.1 Å². The highest BCUT2D eigenvalue weighted by Gasteiger charge is 2.21. The third-order valence-electron chi connectivity index (χ3n) is 6.51. The van der Waals surface area contributed by atoms with Gasteiger partial charge in [0, 0.05) is 62.5 Å². The zero-order chi connectivity index (χ0) is 25.1. The SMILES string of the molecule is CN(C)c1ccc2cc3ccc(N(C)C)cc3[n+](CCC[N+](C)(C)CCCCS(=O)(=O)O)c2c1. The second-order valence-electron chi connectivity index (χ2n) is 10.3. The number of rotatable bonds is 11. The van der Waals surface area contributed by atoms with Crippen molar-refractivity contribution in [2.75, 3.05) is 70.9 Å². The lowest BCUT2D eigenvalue weighted by atomic mass is 10.1. The summed E-state index contributed by atoms with van der Waals surface area (Å²) in [4.78, 5) is 4.27. The molecule has 0 spiro atoms. The van der Waals surface area contributed by atoms with Crippen LogP contribution in [0.25, 0.3) is 21.8 Å². The summed E-state index contributed by atoms with van der Waals surface area (Å²) < 4.78 is 34.2. The molecular weight excluding hydrogens is 448 g/mol. The number of quaternary nitrogens is 1. The molecule has 7 nitrogen and oxygen atoms in total. The molecule has 0 amide bonds. The molecule has 0 saturated carbocycles. The van der Waals surface area contributed by atoms with E-state index in [0.717, 1.165) is 37.0 Å². The van der Waals surface area contributed by atoms with E-state index >= 15 is 0 Å². The molecule has 186 valence electrons. The van der Waals surface area contributed by atoms with E-state index in [-0.39, 0.29) is 5.75 Å². The van der Waals surface area contributed by atoms with Crippen molar-refractivity contribution in [3.05, 3.63) is 42.5 Å². The van der Waals surface area contributed by atoms with E-state index in [9.17, 15) is 8.42 Å². The van der Waals surface area contributed by atoms with Crippen LogP contribution in [0.1, 0.15) is 19.3 Å². The molecule has 1 aromatic heterocycles. The molecule has 2 aromatic carbocycles. The summed E-state index contributed by atoms with van der Waals surface area (Å²) in [5.74, 6) is -0.159. The van der Waals surface area contributed by atoms with Crippen LogP contribution in [0.2, 0.25) is 0 Å². The highest BCUT2D eigenvalue weighted by Crippen LogP contribution is 2.25. The second-order valence-corrected chi connectivity index (χ2v) is 11.9. The Balaban J connectivity index is 1.87. The average molecular weight is 489 g/mol. The molecule has 0 aliphatic heterocycles. The van der Waals surface area contributed by atoms with Crippen LogP contribution >= 0.6 is 0 Å². The lowest BCUT2D eigenvalue weighted by molar-refractivity contribution is -0.892. The number of anilines is 2. The number of fused-ring (bicyclic) bond motifs is 2. The second kappa shape index (κ2) is 10.5. The standard InChI is InChI=1S/C26H39N4O3S/c1-27(2)23-12-10-21-18-22-11-13-24(28(3)4)20-26(22)29(25(21)19-23)14-9-16-30(5,6)15-7-8-17-34(31,32)33/h10-13,18-20H,7-9,14-17H2,1-6H3/q+1/p+1. The molecule has 0 atom stereocenters. The molecule has 0 unspecified atom stereocenters. The Morgan fingerprint density at radius 3 is 1.76 bits per heavy atom. The number of pyridine rings is 1. The molecule has 8 heteroatoms. The van der Waals surface area contributed by atoms with Gasteiger partial charge in [0.15, 0.2) is 6.54 Å². The highest BCUT2D eigenvalue weighted by molar-refractivity contribution is 7.85. The quantitative estimate of drug-likeness (QED) is 0.147. The largest absolute Gasteiger partial charge is 0.377 e. The van der Waals surface area contributed by atoms with Crippen LogP contribution in [0.4, 0.5) is 11.4 Å². The summed E-state index contributed by atoms with van der Waals surface area (Å²) in [5.41, 5.74) is 4.82. The molecule has 0 fully saturated rings. The first kappa shape index (κ1) is 26.2. The van der Waals surface area contributed by atoms with Gasteiger partial charge in [-0.25, -0.2) is 0 Å². The van der Waals surface area contributed by atoms with E-state index in [1.807, 2.05) is 0 Å². The maximum Gasteiger partial charge on any atom is 0.264 e. The summed E-state index contributed by atoms with van der Waals surface area (Å²) in [6, 6.07) is 15.6. The Labute approximate surface area is 204 Å². The van der Waals surface area contributed by atoms with Gasteiger partial charge in [-0.2, -0.15) is 13.0 Å². The molecule has 3 rings (SSSR count). The summed E-state index contributed by atoms with van der Waals surface area (Å²) in [7, 11) is 8.78. The molecule has 0 bridgehead atoms. The van der Waals surface area contributed by atoms with Crippen molar-refractivity contribution >= 4 is 43.3 Å². The van der Waals surface area contributed by atoms with Crippen molar-refractivity contribution in [3.63, 3.8) is 0 Å². The fourth-order valence-corrected chi connectivity index (χ4v) is 5.03. The number of aromatic nitrogens is 1. The van der Waals surface area contributed by atoms with Gasteiger partial charge in [0.1, 0.15) is 0 Å². The molecule has 0 saturated heterocycles. The Kier molecular flexibility index (Phi) is 8.06. The smallest absolute Gasteiger partial charge is 0.264 e. The van der Waals surface area contributed by atoms with Crippen LogP contribution in [0.15, 0.2) is 42.5 Å². The van der Waals surface area contributed by atoms with Gasteiger partial charge < -0.3 is 14.3 Å². The molecule has 1 N–H and O–H groups in total. The number of hydrogen-bond donors (Lipinski definition) is 1. The fourth-order valence-electron chi connectivity index (χ4n) is 4.46. The van der Waals surface area contributed by atoms with E-state index in [1.165, 1.54) is 33.2 Å². The molecule has 3 aromatic rings. The third kappa shape index (κ3) is 6.81. The fraction of sp³-hybridized carbons (Fsp3) is 0.500. The summed E-state index contributed by atoms with van der Waals surface area (Å²) in [5, 5.41) is 2.46. The first-order valence-electron chi connectivity index (χ1n) is 11.9. The van der Waals surface area contributed by atoms with Crippen molar-refractivity contribution in [1.82, 2.24) is 0 Å². The van der Waals surface area contributed by atoms with E-state index in [0.29, 0.717) is 6.42 Å². The molecule has 34 heavy (non-hydrogen) atoms. The normalized spacial score (nSPS) is 12.4. The van der Waals surface area contributed by atoms with Crippen LogP contribution in [0.5, 0.6) is 0 Å². The van der Waals surface area contributed by atoms with Crippen LogP contribution in [-0.2, 0) is 16.7 Å². The highest BCUT2D eigenvalue weighted by atomic mass is 32.2. The van der Waals surface area contributed by atoms with Gasteiger partial charge in [-0.05, 0) is 43.2 Å². The summed E-state index contributed by atoms with van der Waals surface area (Å²) in [6.45, 7) is 2.76. The van der Waals surface area contributed by atoms with E-state index in [4.69, 9.17) is 4.55 Å². The number of benzene rings is 2. The van der Waals surface area contributed by atoms with Crippen molar-refractivity contribution in [1.29, 1.82) is 0 Å². The van der Waals surface area contributed by atoms with Gasteiger partial charge >= 0.3 is 0 Å². The van der Waals surface area contributed by atoms with E-state index in [1.54, 1.807) is 0 Å². The number of nitrogens with zero attached hydrogens (tertiary/aromatic N) is 4. The lowest BCUT2D eigenvalue weighted by Gasteiger charge is -2.29. The number of unbranched alkanes of at least 4 members (excludes halogenated alkanes) is 1. The predicted molar refractivity (Wildman–Crippen MR) is 142 cm³/mol. The van der Waals surface area contributed by atoms with Gasteiger partial charge in [0.05, 0.1) is 39.4 Å². The molecule has 1 heterocycles. The lowest BCUT2D eigenvalue weighted by Crippen LogP contribution is -2.44. The Morgan fingerprint density at radius 2 is 1.29 bits per heavy atom. The van der Waals surface area contributed by atoms with Gasteiger partial charge in [0.2, 0.25) is 11.0 Å². The number of hydrogen-bond acceptors (Lipinski definition) is 4.